The lowest BCUT2D eigenvalue weighted by molar-refractivity contribution is 0.111. The Bertz CT molecular complexity index is 735. The van der Waals surface area contributed by atoms with Crippen LogP contribution in [-0.4, -0.2) is 21.3 Å². The Morgan fingerprint density at radius 3 is 2.71 bits per heavy atom. The van der Waals surface area contributed by atoms with Crippen LogP contribution in [0.5, 0.6) is 0 Å². The highest BCUT2D eigenvalue weighted by atomic mass is 32.1. The van der Waals surface area contributed by atoms with E-state index in [0.717, 1.165) is 22.4 Å². The first-order valence-electron chi connectivity index (χ1n) is 6.40. The molecule has 0 aliphatic carbocycles. The predicted molar refractivity (Wildman–Crippen MR) is 78.0 cm³/mol. The molecule has 6 heteroatoms. The zero-order valence-electron chi connectivity index (χ0n) is 11.1. The van der Waals surface area contributed by atoms with Gasteiger partial charge in [0.1, 0.15) is 11.5 Å². The molecule has 0 aliphatic rings. The molecule has 2 heterocycles. The summed E-state index contributed by atoms with van der Waals surface area (Å²) in [6.07, 6.45) is 1.33. The average molecular weight is 301 g/mol. The third-order valence-corrected chi connectivity index (χ3v) is 4.02. The van der Waals surface area contributed by atoms with Crippen molar-refractivity contribution in [2.45, 2.75) is 13.0 Å². The van der Waals surface area contributed by atoms with Crippen molar-refractivity contribution in [1.29, 1.82) is 0 Å². The topological polar surface area (TPSA) is 47.8 Å². The lowest BCUT2D eigenvalue weighted by Crippen LogP contribution is -2.07. The third-order valence-electron chi connectivity index (χ3n) is 3.15. The molecule has 2 aromatic heterocycles. The number of benzene rings is 1. The minimum atomic E-state index is -0.273. The van der Waals surface area contributed by atoms with Gasteiger partial charge in [0.2, 0.25) is 0 Å². The van der Waals surface area contributed by atoms with Crippen molar-refractivity contribution in [1.82, 2.24) is 15.0 Å². The number of aldehydes is 1. The van der Waals surface area contributed by atoms with Gasteiger partial charge in [0, 0.05) is 11.3 Å². The van der Waals surface area contributed by atoms with Crippen LogP contribution in [0, 0.1) is 5.82 Å². The molecule has 0 saturated heterocycles. The van der Waals surface area contributed by atoms with Gasteiger partial charge in [-0.2, -0.15) is 0 Å². The summed E-state index contributed by atoms with van der Waals surface area (Å²) in [6.45, 7) is 0.460. The monoisotopic (exact) mass is 301 g/mol. The smallest absolute Gasteiger partial charge is 0.172 e. The maximum absolute atomic E-state index is 12.9. The standard InChI is InChI=1S/C15H12FN3OS/c16-12-5-3-11(4-6-12)9-19-15(14(10-20)17-18-19)8-13-2-1-7-21-13/h1-7,10H,8-9H2. The Labute approximate surface area is 124 Å². The van der Waals surface area contributed by atoms with E-state index in [1.54, 1.807) is 28.2 Å². The van der Waals surface area contributed by atoms with E-state index >= 15 is 0 Å². The highest BCUT2D eigenvalue weighted by Crippen LogP contribution is 2.17. The number of carbonyl (C=O) groups is 1. The second-order valence-corrected chi connectivity index (χ2v) is 5.61. The molecular weight excluding hydrogens is 289 g/mol. The highest BCUT2D eigenvalue weighted by Gasteiger charge is 2.13. The van der Waals surface area contributed by atoms with Crippen LogP contribution >= 0.6 is 11.3 Å². The third kappa shape index (κ3) is 3.05. The largest absolute Gasteiger partial charge is 0.296 e. The summed E-state index contributed by atoms with van der Waals surface area (Å²) in [5.41, 5.74) is 2.04. The zero-order valence-corrected chi connectivity index (χ0v) is 11.9. The number of halogens is 1. The molecule has 0 bridgehead atoms. The van der Waals surface area contributed by atoms with Crippen LogP contribution in [-0.2, 0) is 13.0 Å². The first-order chi connectivity index (χ1) is 10.3. The molecule has 0 saturated carbocycles. The molecule has 1 aromatic carbocycles. The van der Waals surface area contributed by atoms with E-state index in [0.29, 0.717) is 18.7 Å². The first kappa shape index (κ1) is 13.6. The van der Waals surface area contributed by atoms with Gasteiger partial charge in [-0.25, -0.2) is 9.07 Å². The van der Waals surface area contributed by atoms with Gasteiger partial charge in [-0.1, -0.05) is 23.4 Å². The second kappa shape index (κ2) is 5.97. The minimum absolute atomic E-state index is 0.273. The van der Waals surface area contributed by atoms with Crippen molar-refractivity contribution in [2.24, 2.45) is 0 Å². The quantitative estimate of drug-likeness (QED) is 0.681. The number of carbonyl (C=O) groups excluding carboxylic acids is 1. The molecule has 0 aliphatic heterocycles. The summed E-state index contributed by atoms with van der Waals surface area (Å²) in [6, 6.07) is 10.2. The van der Waals surface area contributed by atoms with Crippen LogP contribution in [0.2, 0.25) is 0 Å². The molecule has 106 valence electrons. The van der Waals surface area contributed by atoms with Crippen molar-refractivity contribution in [3.63, 3.8) is 0 Å². The molecule has 0 N–H and O–H groups in total. The minimum Gasteiger partial charge on any atom is -0.296 e. The average Bonchev–Trinajstić information content (AvgIpc) is 3.13. The lowest BCUT2D eigenvalue weighted by Gasteiger charge is -2.06. The molecule has 21 heavy (non-hydrogen) atoms. The molecule has 3 rings (SSSR count). The predicted octanol–water partition coefficient (Wildman–Crippen LogP) is 2.93. The maximum atomic E-state index is 12.9. The van der Waals surface area contributed by atoms with Crippen LogP contribution in [0.15, 0.2) is 41.8 Å². The normalized spacial score (nSPS) is 10.7. The summed E-state index contributed by atoms with van der Waals surface area (Å²) in [4.78, 5) is 12.2. The highest BCUT2D eigenvalue weighted by molar-refractivity contribution is 7.09. The summed E-state index contributed by atoms with van der Waals surface area (Å²) in [7, 11) is 0. The summed E-state index contributed by atoms with van der Waals surface area (Å²) >= 11 is 1.62. The molecule has 0 spiro atoms. The van der Waals surface area contributed by atoms with Gasteiger partial charge >= 0.3 is 0 Å². The van der Waals surface area contributed by atoms with Crippen molar-refractivity contribution < 1.29 is 9.18 Å². The molecular formula is C15H12FN3OS. The number of thiophene rings is 1. The van der Waals surface area contributed by atoms with E-state index in [9.17, 15) is 9.18 Å². The summed E-state index contributed by atoms with van der Waals surface area (Å²) < 4.78 is 14.6. The lowest BCUT2D eigenvalue weighted by atomic mass is 10.2. The summed E-state index contributed by atoms with van der Waals surface area (Å²) in [5, 5.41) is 9.93. The Hall–Kier alpha value is -2.34. The molecule has 0 radical (unpaired) electrons. The number of aromatic nitrogens is 3. The van der Waals surface area contributed by atoms with E-state index in [1.165, 1.54) is 12.1 Å². The van der Waals surface area contributed by atoms with Gasteiger partial charge in [-0.15, -0.1) is 16.4 Å². The summed E-state index contributed by atoms with van der Waals surface area (Å²) in [5.74, 6) is -0.273. The molecule has 0 unspecified atom stereocenters. The number of rotatable bonds is 5. The van der Waals surface area contributed by atoms with Crippen LogP contribution in [0.25, 0.3) is 0 Å². The zero-order chi connectivity index (χ0) is 14.7. The van der Waals surface area contributed by atoms with Crippen LogP contribution in [0.3, 0.4) is 0 Å². The number of nitrogens with zero attached hydrogens (tertiary/aromatic N) is 3. The Morgan fingerprint density at radius 1 is 1.24 bits per heavy atom. The van der Waals surface area contributed by atoms with Crippen LogP contribution in [0.4, 0.5) is 4.39 Å². The second-order valence-electron chi connectivity index (χ2n) is 4.58. The van der Waals surface area contributed by atoms with E-state index in [1.807, 2.05) is 17.5 Å². The van der Waals surface area contributed by atoms with E-state index in [2.05, 4.69) is 10.3 Å². The molecule has 0 amide bonds. The fraction of sp³-hybridized carbons (Fsp3) is 0.133. The SMILES string of the molecule is O=Cc1nnn(Cc2ccc(F)cc2)c1Cc1cccs1. The maximum Gasteiger partial charge on any atom is 0.172 e. The number of hydrogen-bond acceptors (Lipinski definition) is 4. The Kier molecular flexibility index (Phi) is 3.87. The number of hydrogen-bond donors (Lipinski definition) is 0. The van der Waals surface area contributed by atoms with Crippen molar-refractivity contribution >= 4 is 17.6 Å². The van der Waals surface area contributed by atoms with Crippen molar-refractivity contribution in [2.75, 3.05) is 0 Å². The van der Waals surface area contributed by atoms with E-state index in [-0.39, 0.29) is 5.82 Å². The van der Waals surface area contributed by atoms with E-state index < -0.39 is 0 Å². The molecule has 3 aromatic rings. The molecule has 0 atom stereocenters. The van der Waals surface area contributed by atoms with Gasteiger partial charge in [-0.05, 0) is 29.1 Å². The van der Waals surface area contributed by atoms with Crippen molar-refractivity contribution in [3.05, 3.63) is 69.4 Å². The first-order valence-corrected chi connectivity index (χ1v) is 7.28. The van der Waals surface area contributed by atoms with Crippen LogP contribution < -0.4 is 0 Å². The molecule has 0 fully saturated rings. The van der Waals surface area contributed by atoms with Gasteiger partial charge in [-0.3, -0.25) is 4.79 Å². The van der Waals surface area contributed by atoms with Gasteiger partial charge in [0.05, 0.1) is 12.2 Å². The van der Waals surface area contributed by atoms with E-state index in [4.69, 9.17) is 0 Å². The van der Waals surface area contributed by atoms with Gasteiger partial charge in [0.15, 0.2) is 6.29 Å². The fourth-order valence-corrected chi connectivity index (χ4v) is 2.80. The fourth-order valence-electron chi connectivity index (χ4n) is 2.09. The molecule has 4 nitrogen and oxygen atoms in total. The van der Waals surface area contributed by atoms with Gasteiger partial charge in [0.25, 0.3) is 0 Å². The Morgan fingerprint density at radius 2 is 2.05 bits per heavy atom. The Balaban J connectivity index is 1.89. The van der Waals surface area contributed by atoms with Gasteiger partial charge < -0.3 is 0 Å². The van der Waals surface area contributed by atoms with Crippen LogP contribution in [0.1, 0.15) is 26.6 Å². The van der Waals surface area contributed by atoms with Crippen molar-refractivity contribution in [3.8, 4) is 0 Å².